The van der Waals surface area contributed by atoms with E-state index in [0.29, 0.717) is 11.4 Å². The maximum absolute atomic E-state index is 13.8. The van der Waals surface area contributed by atoms with E-state index in [1.54, 1.807) is 32.2 Å². The zero-order valence-electron chi connectivity index (χ0n) is 12.6. The maximum Gasteiger partial charge on any atom is 0.216 e. The molecule has 1 N–H and O–H groups in total. The van der Waals surface area contributed by atoms with Crippen LogP contribution in [0.2, 0.25) is 0 Å². The molecule has 0 aliphatic heterocycles. The summed E-state index contributed by atoms with van der Waals surface area (Å²) in [4.78, 5) is 8.30. The van der Waals surface area contributed by atoms with Crippen LogP contribution in [0.25, 0.3) is 0 Å². The summed E-state index contributed by atoms with van der Waals surface area (Å²) < 4.78 is 19.0. The van der Waals surface area contributed by atoms with E-state index in [-0.39, 0.29) is 11.9 Å². The van der Waals surface area contributed by atoms with Gasteiger partial charge in [-0.05, 0) is 37.1 Å². The number of aromatic nitrogens is 2. The van der Waals surface area contributed by atoms with Gasteiger partial charge in [0, 0.05) is 6.07 Å². The van der Waals surface area contributed by atoms with Crippen molar-refractivity contribution < 1.29 is 9.13 Å². The van der Waals surface area contributed by atoms with Gasteiger partial charge >= 0.3 is 0 Å². The molecule has 2 aromatic rings. The molecule has 4 nitrogen and oxygen atoms in total. The summed E-state index contributed by atoms with van der Waals surface area (Å²) >= 11 is 0. The third kappa shape index (κ3) is 3.76. The van der Waals surface area contributed by atoms with Gasteiger partial charge in [-0.25, -0.2) is 14.4 Å². The van der Waals surface area contributed by atoms with Crippen molar-refractivity contribution in [2.24, 2.45) is 0 Å². The molecule has 0 saturated carbocycles. The molecule has 1 heterocycles. The van der Waals surface area contributed by atoms with Gasteiger partial charge in [-0.2, -0.15) is 0 Å². The van der Waals surface area contributed by atoms with Gasteiger partial charge in [-0.1, -0.05) is 19.1 Å². The van der Waals surface area contributed by atoms with Crippen molar-refractivity contribution in [1.29, 1.82) is 0 Å². The van der Waals surface area contributed by atoms with Crippen LogP contribution in [0.3, 0.4) is 0 Å². The van der Waals surface area contributed by atoms with E-state index in [4.69, 9.17) is 4.74 Å². The summed E-state index contributed by atoms with van der Waals surface area (Å²) in [7, 11) is 1.56. The molecule has 0 amide bonds. The zero-order chi connectivity index (χ0) is 15.2. The molecule has 1 aromatic carbocycles. The third-order valence-electron chi connectivity index (χ3n) is 3.30. The van der Waals surface area contributed by atoms with Crippen LogP contribution < -0.4 is 10.1 Å². The second kappa shape index (κ2) is 7.13. The van der Waals surface area contributed by atoms with E-state index in [2.05, 4.69) is 22.2 Å². The van der Waals surface area contributed by atoms with Gasteiger partial charge in [0.2, 0.25) is 5.88 Å². The average molecular weight is 289 g/mol. The topological polar surface area (TPSA) is 47.0 Å². The van der Waals surface area contributed by atoms with Crippen LogP contribution in [0.15, 0.2) is 30.6 Å². The number of benzene rings is 1. The molecule has 0 aliphatic carbocycles. The monoisotopic (exact) mass is 289 g/mol. The van der Waals surface area contributed by atoms with Crippen LogP contribution in [-0.4, -0.2) is 23.6 Å². The van der Waals surface area contributed by atoms with Crippen molar-refractivity contribution in [2.45, 2.75) is 26.3 Å². The van der Waals surface area contributed by atoms with Gasteiger partial charge in [0.15, 0.2) is 0 Å². The summed E-state index contributed by atoms with van der Waals surface area (Å²) in [5.74, 6) is 0.285. The van der Waals surface area contributed by atoms with Crippen molar-refractivity contribution in [2.75, 3.05) is 13.7 Å². The lowest BCUT2D eigenvalue weighted by atomic mass is 10.0. The van der Waals surface area contributed by atoms with Crippen molar-refractivity contribution in [3.8, 4) is 5.88 Å². The standard InChI is InChI=1S/C16H20FN3O/c1-4-7-18-16(12-6-5-11(2)13(17)8-12)14-9-15(21-3)20-10-19-14/h5-6,8-10,16,18H,4,7H2,1-3H3. The van der Waals surface area contributed by atoms with Crippen molar-refractivity contribution in [3.63, 3.8) is 0 Å². The summed E-state index contributed by atoms with van der Waals surface area (Å²) in [6, 6.07) is 6.84. The molecular formula is C16H20FN3O. The number of ether oxygens (including phenoxy) is 1. The fraction of sp³-hybridized carbons (Fsp3) is 0.375. The summed E-state index contributed by atoms with van der Waals surface area (Å²) in [6.07, 6.45) is 2.44. The molecule has 1 aromatic heterocycles. The highest BCUT2D eigenvalue weighted by Crippen LogP contribution is 2.24. The van der Waals surface area contributed by atoms with Gasteiger partial charge in [0.05, 0.1) is 18.8 Å². The Kier molecular flexibility index (Phi) is 5.22. The normalized spacial score (nSPS) is 12.2. The Hall–Kier alpha value is -2.01. The van der Waals surface area contributed by atoms with Crippen LogP contribution >= 0.6 is 0 Å². The smallest absolute Gasteiger partial charge is 0.216 e. The number of nitrogens with zero attached hydrogens (tertiary/aromatic N) is 2. The van der Waals surface area contributed by atoms with E-state index in [0.717, 1.165) is 24.2 Å². The minimum Gasteiger partial charge on any atom is -0.481 e. The highest BCUT2D eigenvalue weighted by Gasteiger charge is 2.17. The molecule has 0 saturated heterocycles. The second-order valence-corrected chi connectivity index (χ2v) is 4.88. The molecule has 2 rings (SSSR count). The Morgan fingerprint density at radius 1 is 1.29 bits per heavy atom. The van der Waals surface area contributed by atoms with E-state index in [1.165, 1.54) is 6.33 Å². The van der Waals surface area contributed by atoms with Gasteiger partial charge in [0.1, 0.15) is 12.1 Å². The van der Waals surface area contributed by atoms with Crippen molar-refractivity contribution >= 4 is 0 Å². The molecule has 21 heavy (non-hydrogen) atoms. The second-order valence-electron chi connectivity index (χ2n) is 4.88. The summed E-state index contributed by atoms with van der Waals surface area (Å²) in [5, 5.41) is 3.39. The molecule has 0 spiro atoms. The van der Waals surface area contributed by atoms with Gasteiger partial charge in [-0.3, -0.25) is 0 Å². The minimum absolute atomic E-state index is 0.183. The fourth-order valence-electron chi connectivity index (χ4n) is 2.09. The lowest BCUT2D eigenvalue weighted by Crippen LogP contribution is -2.24. The van der Waals surface area contributed by atoms with Crippen LogP contribution in [0.1, 0.15) is 36.2 Å². The Bertz CT molecular complexity index is 604. The number of aryl methyl sites for hydroxylation is 1. The van der Waals surface area contributed by atoms with Crippen LogP contribution in [-0.2, 0) is 0 Å². The largest absolute Gasteiger partial charge is 0.481 e. The van der Waals surface area contributed by atoms with E-state index in [1.807, 2.05) is 6.07 Å². The molecule has 112 valence electrons. The van der Waals surface area contributed by atoms with Crippen LogP contribution in [0.5, 0.6) is 5.88 Å². The first-order valence-corrected chi connectivity index (χ1v) is 7.01. The predicted octanol–water partition coefficient (Wildman–Crippen LogP) is 3.02. The SMILES string of the molecule is CCCNC(c1ccc(C)c(F)c1)c1cc(OC)ncn1. The number of hydrogen-bond donors (Lipinski definition) is 1. The maximum atomic E-state index is 13.8. The zero-order valence-corrected chi connectivity index (χ0v) is 12.6. The van der Waals surface area contributed by atoms with E-state index >= 15 is 0 Å². The number of methoxy groups -OCH3 is 1. The predicted molar refractivity (Wildman–Crippen MR) is 79.9 cm³/mol. The molecule has 0 fully saturated rings. The number of nitrogens with one attached hydrogen (secondary N) is 1. The van der Waals surface area contributed by atoms with E-state index in [9.17, 15) is 4.39 Å². The fourth-order valence-corrected chi connectivity index (χ4v) is 2.09. The Morgan fingerprint density at radius 3 is 2.76 bits per heavy atom. The number of hydrogen-bond acceptors (Lipinski definition) is 4. The Labute approximate surface area is 124 Å². The summed E-state index contributed by atoms with van der Waals surface area (Å²) in [6.45, 7) is 4.65. The van der Waals surface area contributed by atoms with Gasteiger partial charge < -0.3 is 10.1 Å². The number of halogens is 1. The van der Waals surface area contributed by atoms with Crippen molar-refractivity contribution in [1.82, 2.24) is 15.3 Å². The highest BCUT2D eigenvalue weighted by atomic mass is 19.1. The van der Waals surface area contributed by atoms with Crippen LogP contribution in [0, 0.1) is 12.7 Å². The van der Waals surface area contributed by atoms with Gasteiger partial charge in [0.25, 0.3) is 0 Å². The quantitative estimate of drug-likeness (QED) is 0.888. The molecule has 0 aliphatic rings. The molecule has 1 atom stereocenters. The van der Waals surface area contributed by atoms with Gasteiger partial charge in [-0.15, -0.1) is 0 Å². The minimum atomic E-state index is -0.211. The first-order valence-electron chi connectivity index (χ1n) is 7.01. The highest BCUT2D eigenvalue weighted by molar-refractivity contribution is 5.32. The Balaban J connectivity index is 2.38. The first kappa shape index (κ1) is 15.4. The molecule has 0 bridgehead atoms. The molecule has 5 heteroatoms. The average Bonchev–Trinajstić information content (AvgIpc) is 2.51. The lowest BCUT2D eigenvalue weighted by Gasteiger charge is -2.19. The Morgan fingerprint density at radius 2 is 2.10 bits per heavy atom. The van der Waals surface area contributed by atoms with Crippen LogP contribution in [0.4, 0.5) is 4.39 Å². The van der Waals surface area contributed by atoms with E-state index < -0.39 is 0 Å². The lowest BCUT2D eigenvalue weighted by molar-refractivity contribution is 0.394. The third-order valence-corrected chi connectivity index (χ3v) is 3.30. The molecule has 1 unspecified atom stereocenters. The molecular weight excluding hydrogens is 269 g/mol. The van der Waals surface area contributed by atoms with Crippen molar-refractivity contribution in [3.05, 3.63) is 53.2 Å². The molecule has 0 radical (unpaired) electrons. The first-order chi connectivity index (χ1) is 10.2. The number of rotatable bonds is 6. The summed E-state index contributed by atoms with van der Waals surface area (Å²) in [5.41, 5.74) is 2.24.